The lowest BCUT2D eigenvalue weighted by molar-refractivity contribution is 0.0429. The van der Waals surface area contributed by atoms with Gasteiger partial charge in [-0.1, -0.05) is 23.2 Å². The fourth-order valence-electron chi connectivity index (χ4n) is 5.00. The normalized spacial score (nSPS) is 25.3. The van der Waals surface area contributed by atoms with Gasteiger partial charge in [-0.25, -0.2) is 0 Å². The molecule has 8 heteroatoms. The molecule has 0 saturated carbocycles. The van der Waals surface area contributed by atoms with Gasteiger partial charge in [0.25, 0.3) is 0 Å². The van der Waals surface area contributed by atoms with E-state index in [1.165, 1.54) is 0 Å². The van der Waals surface area contributed by atoms with Gasteiger partial charge in [0.05, 0.1) is 11.6 Å². The summed E-state index contributed by atoms with van der Waals surface area (Å²) in [7, 11) is 0. The summed E-state index contributed by atoms with van der Waals surface area (Å²) in [6.45, 7) is 7.19. The number of benzene rings is 2. The van der Waals surface area contributed by atoms with Crippen LogP contribution >= 0.6 is 23.2 Å². The molecule has 5 rings (SSSR count). The number of halogens is 2. The maximum absolute atomic E-state index is 10.5. The molecule has 1 saturated heterocycles. The lowest BCUT2D eigenvalue weighted by atomic mass is 10.1. The number of aromatic nitrogens is 3. The smallest absolute Gasteiger partial charge is 0.140 e. The first-order chi connectivity index (χ1) is 15.2. The minimum Gasteiger partial charge on any atom is -0.484 e. The monoisotopic (exact) mass is 472 g/mol. The van der Waals surface area contributed by atoms with Gasteiger partial charge in [-0.05, 0) is 75.6 Å². The summed E-state index contributed by atoms with van der Waals surface area (Å²) in [5, 5.41) is 20.1. The zero-order valence-corrected chi connectivity index (χ0v) is 19.9. The van der Waals surface area contributed by atoms with Crippen molar-refractivity contribution in [1.82, 2.24) is 19.7 Å². The van der Waals surface area contributed by atoms with Gasteiger partial charge in [0.2, 0.25) is 0 Å². The van der Waals surface area contributed by atoms with Crippen LogP contribution in [0.25, 0.3) is 5.69 Å². The number of likely N-dealkylation sites (tertiary alicyclic amines) is 1. The largest absolute Gasteiger partial charge is 0.484 e. The molecule has 1 aliphatic heterocycles. The first kappa shape index (κ1) is 21.7. The third-order valence-corrected chi connectivity index (χ3v) is 7.11. The van der Waals surface area contributed by atoms with Crippen molar-refractivity contribution in [3.63, 3.8) is 0 Å². The molecule has 1 aromatic heterocycles. The van der Waals surface area contributed by atoms with Crippen molar-refractivity contribution in [3.05, 3.63) is 69.2 Å². The molecule has 1 N–H and O–H groups in total. The van der Waals surface area contributed by atoms with Crippen LogP contribution in [0.5, 0.6) is 5.75 Å². The van der Waals surface area contributed by atoms with E-state index in [-0.39, 0.29) is 12.1 Å². The van der Waals surface area contributed by atoms with Gasteiger partial charge >= 0.3 is 0 Å². The molecule has 1 unspecified atom stereocenters. The summed E-state index contributed by atoms with van der Waals surface area (Å²) in [6, 6.07) is 11.8. The molecule has 1 fully saturated rings. The third kappa shape index (κ3) is 3.90. The van der Waals surface area contributed by atoms with Crippen molar-refractivity contribution in [2.45, 2.75) is 51.4 Å². The molecule has 168 valence electrons. The standard InChI is InChI=1S/C24H26Cl2N4O2/c1-14-27-28-15(2)30(14)17-4-6-18(7-5-17)32-23-20-10-16(25)11-21(26)19(20)12-22(23)29-9-8-24(3,31)13-29/h4-7,10-11,22-23,31H,8-9,12-13H2,1-3H3/t22-,23-,24?/m0/s1. The van der Waals surface area contributed by atoms with Gasteiger partial charge in [0.15, 0.2) is 0 Å². The van der Waals surface area contributed by atoms with Gasteiger partial charge in [-0.2, -0.15) is 0 Å². The molecule has 0 radical (unpaired) electrons. The highest BCUT2D eigenvalue weighted by atomic mass is 35.5. The maximum Gasteiger partial charge on any atom is 0.140 e. The van der Waals surface area contributed by atoms with Crippen molar-refractivity contribution in [1.29, 1.82) is 0 Å². The zero-order chi connectivity index (χ0) is 22.6. The highest BCUT2D eigenvalue weighted by Gasteiger charge is 2.44. The number of rotatable bonds is 4. The summed E-state index contributed by atoms with van der Waals surface area (Å²) in [4.78, 5) is 2.31. The first-order valence-electron chi connectivity index (χ1n) is 10.8. The fourth-order valence-corrected chi connectivity index (χ4v) is 5.59. The molecule has 3 aromatic rings. The number of hydrogen-bond acceptors (Lipinski definition) is 5. The van der Waals surface area contributed by atoms with Gasteiger partial charge in [0.1, 0.15) is 23.5 Å². The number of ether oxygens (including phenoxy) is 1. The second kappa shape index (κ2) is 8.03. The van der Waals surface area contributed by atoms with Gasteiger partial charge in [-0.3, -0.25) is 9.47 Å². The van der Waals surface area contributed by atoms with Crippen LogP contribution in [0.1, 0.15) is 42.2 Å². The van der Waals surface area contributed by atoms with Crippen molar-refractivity contribution >= 4 is 23.2 Å². The van der Waals surface area contributed by atoms with Crippen molar-refractivity contribution in [3.8, 4) is 11.4 Å². The SMILES string of the molecule is Cc1nnc(C)n1-c1ccc(O[C@H]2c3cc(Cl)cc(Cl)c3C[C@@H]2N2CCC(C)(O)C2)cc1. The van der Waals surface area contributed by atoms with Crippen molar-refractivity contribution < 1.29 is 9.84 Å². The van der Waals surface area contributed by atoms with Crippen LogP contribution < -0.4 is 4.74 Å². The number of aryl methyl sites for hydroxylation is 2. The number of hydrogen-bond donors (Lipinski definition) is 1. The molecule has 0 amide bonds. The zero-order valence-electron chi connectivity index (χ0n) is 18.3. The Morgan fingerprint density at radius 3 is 2.41 bits per heavy atom. The van der Waals surface area contributed by atoms with E-state index >= 15 is 0 Å². The summed E-state index contributed by atoms with van der Waals surface area (Å²) in [6.07, 6.45) is 1.29. The predicted molar refractivity (Wildman–Crippen MR) is 125 cm³/mol. The van der Waals surface area contributed by atoms with Gasteiger partial charge in [0, 0.05) is 34.4 Å². The Balaban J connectivity index is 1.46. The quantitative estimate of drug-likeness (QED) is 0.596. The highest BCUT2D eigenvalue weighted by molar-refractivity contribution is 6.35. The lowest BCUT2D eigenvalue weighted by Gasteiger charge is -2.31. The number of β-amino-alcohol motifs (C(OH)–C–C–N with tert-alkyl or cyclic N) is 1. The molecule has 32 heavy (non-hydrogen) atoms. The van der Waals surface area contributed by atoms with Crippen LogP contribution in [-0.4, -0.2) is 49.5 Å². The molecule has 6 nitrogen and oxygen atoms in total. The maximum atomic E-state index is 10.5. The molecule has 1 aliphatic carbocycles. The number of nitrogens with zero attached hydrogens (tertiary/aromatic N) is 4. The topological polar surface area (TPSA) is 63.4 Å². The van der Waals surface area contributed by atoms with Crippen LogP contribution in [0.3, 0.4) is 0 Å². The lowest BCUT2D eigenvalue weighted by Crippen LogP contribution is -2.40. The second-order valence-corrected chi connectivity index (χ2v) is 9.95. The van der Waals surface area contributed by atoms with E-state index in [0.29, 0.717) is 16.6 Å². The van der Waals surface area contributed by atoms with Crippen molar-refractivity contribution in [2.75, 3.05) is 13.1 Å². The Morgan fingerprint density at radius 2 is 1.78 bits per heavy atom. The Bertz CT molecular complexity index is 1140. The van der Waals surface area contributed by atoms with Crippen LogP contribution in [-0.2, 0) is 6.42 Å². The van der Waals surface area contributed by atoms with E-state index in [1.807, 2.05) is 55.7 Å². The molecule has 2 aliphatic rings. The number of fused-ring (bicyclic) bond motifs is 1. The van der Waals surface area contributed by atoms with E-state index in [0.717, 1.165) is 53.6 Å². The molecular weight excluding hydrogens is 447 g/mol. The Morgan fingerprint density at radius 1 is 1.09 bits per heavy atom. The van der Waals surface area contributed by atoms with E-state index in [1.54, 1.807) is 6.07 Å². The Kier molecular flexibility index (Phi) is 5.45. The van der Waals surface area contributed by atoms with E-state index in [4.69, 9.17) is 27.9 Å². The van der Waals surface area contributed by atoms with Crippen LogP contribution in [0.2, 0.25) is 10.0 Å². The minimum atomic E-state index is -0.684. The molecule has 3 atom stereocenters. The molecule has 2 heterocycles. The second-order valence-electron chi connectivity index (χ2n) is 9.11. The number of aliphatic hydroxyl groups is 1. The summed E-state index contributed by atoms with van der Waals surface area (Å²) in [5.41, 5.74) is 2.40. The molecule has 2 aromatic carbocycles. The van der Waals surface area contributed by atoms with E-state index in [2.05, 4.69) is 15.1 Å². The van der Waals surface area contributed by atoms with Gasteiger partial charge in [-0.15, -0.1) is 10.2 Å². The molecular formula is C24H26Cl2N4O2. The Labute approximate surface area is 197 Å². The fraction of sp³-hybridized carbons (Fsp3) is 0.417. The minimum absolute atomic E-state index is 0.0805. The Hall–Kier alpha value is -2.12. The third-order valence-electron chi connectivity index (χ3n) is 6.56. The van der Waals surface area contributed by atoms with Crippen LogP contribution in [0, 0.1) is 13.8 Å². The van der Waals surface area contributed by atoms with Crippen molar-refractivity contribution in [2.24, 2.45) is 0 Å². The summed E-state index contributed by atoms with van der Waals surface area (Å²) in [5.74, 6) is 2.44. The summed E-state index contributed by atoms with van der Waals surface area (Å²) >= 11 is 12.9. The average molecular weight is 473 g/mol. The van der Waals surface area contributed by atoms with Crippen LogP contribution in [0.4, 0.5) is 0 Å². The highest BCUT2D eigenvalue weighted by Crippen LogP contribution is 2.44. The molecule has 0 spiro atoms. The predicted octanol–water partition coefficient (Wildman–Crippen LogP) is 4.69. The molecule has 0 bridgehead atoms. The van der Waals surface area contributed by atoms with E-state index < -0.39 is 5.60 Å². The van der Waals surface area contributed by atoms with Crippen LogP contribution in [0.15, 0.2) is 36.4 Å². The summed E-state index contributed by atoms with van der Waals surface area (Å²) < 4.78 is 8.56. The van der Waals surface area contributed by atoms with E-state index in [9.17, 15) is 5.11 Å². The first-order valence-corrected chi connectivity index (χ1v) is 11.6. The average Bonchev–Trinajstić information content (AvgIpc) is 3.38. The van der Waals surface area contributed by atoms with Gasteiger partial charge < -0.3 is 9.84 Å².